The molecule has 2 fully saturated rings. The largest absolute Gasteiger partial charge is 0.392 e. The summed E-state index contributed by atoms with van der Waals surface area (Å²) in [6.45, 7) is 8.46. The quantitative estimate of drug-likeness (QED) is 0.519. The molecule has 3 rings (SSSR count). The van der Waals surface area contributed by atoms with E-state index in [2.05, 4.69) is 10.3 Å². The number of rotatable bonds is 2. The van der Waals surface area contributed by atoms with Crippen LogP contribution >= 0.6 is 11.3 Å². The number of Topliss-reactive ketones (excluding diaryl/α,β-unsaturated/α-hetero) is 1. The van der Waals surface area contributed by atoms with Crippen LogP contribution in [0, 0.1) is 24.1 Å². The van der Waals surface area contributed by atoms with Crippen LogP contribution in [0.4, 0.5) is 0 Å². The van der Waals surface area contributed by atoms with E-state index in [0.717, 1.165) is 36.2 Å². The van der Waals surface area contributed by atoms with Crippen molar-refractivity contribution in [2.45, 2.75) is 110 Å². The molecular weight excluding hydrogens is 464 g/mol. The maximum absolute atomic E-state index is 13.3. The molecule has 0 spiro atoms. The van der Waals surface area contributed by atoms with Crippen LogP contribution in [-0.2, 0) is 14.3 Å². The van der Waals surface area contributed by atoms with Gasteiger partial charge in [0.25, 0.3) is 0 Å². The molecule has 35 heavy (non-hydrogen) atoms. The molecule has 1 aromatic rings. The van der Waals surface area contributed by atoms with Gasteiger partial charge in [0.15, 0.2) is 0 Å². The average Bonchev–Trinajstić information content (AvgIpc) is 3.20. The van der Waals surface area contributed by atoms with Gasteiger partial charge in [0.1, 0.15) is 5.78 Å². The Morgan fingerprint density at radius 1 is 1.31 bits per heavy atom. The van der Waals surface area contributed by atoms with Crippen LogP contribution in [0.1, 0.15) is 88.5 Å². The van der Waals surface area contributed by atoms with Crippen molar-refractivity contribution in [1.29, 1.82) is 0 Å². The van der Waals surface area contributed by atoms with Crippen molar-refractivity contribution in [3.63, 3.8) is 0 Å². The maximum atomic E-state index is 13.3. The van der Waals surface area contributed by atoms with E-state index < -0.39 is 42.3 Å². The summed E-state index contributed by atoms with van der Waals surface area (Å²) >= 11 is 1.07. The van der Waals surface area contributed by atoms with Gasteiger partial charge in [0.05, 0.1) is 52.5 Å². The lowest BCUT2D eigenvalue weighted by atomic mass is 9.72. The Bertz CT molecular complexity index is 1060. The molecule has 0 saturated carbocycles. The van der Waals surface area contributed by atoms with Crippen LogP contribution in [0.2, 0.25) is 0 Å². The fourth-order valence-electron chi connectivity index (χ4n) is 5.10. The van der Waals surface area contributed by atoms with Crippen LogP contribution in [0.5, 0.6) is 0 Å². The van der Waals surface area contributed by atoms with Crippen molar-refractivity contribution in [3.05, 3.63) is 21.7 Å². The SMILES string of the molecule is [2H]C([2H])([2H])c1nc(/C=C(\C)[C@@H]2CC3O[C@@]3(C)CCC[C@@H](C)[C@@H](O)[C@@H](C)C(=O)C(C)(C)[C@@H](O)CC(=O)N2)cs1. The molecule has 8 heteroatoms. The minimum Gasteiger partial charge on any atom is -0.392 e. The van der Waals surface area contributed by atoms with Gasteiger partial charge in [0, 0.05) is 21.8 Å². The predicted molar refractivity (Wildman–Crippen MR) is 138 cm³/mol. The molecule has 1 unspecified atom stereocenters. The van der Waals surface area contributed by atoms with E-state index >= 15 is 0 Å². The van der Waals surface area contributed by atoms with E-state index in [0.29, 0.717) is 12.1 Å². The Labute approximate surface area is 217 Å². The number of carbonyl (C=O) groups is 2. The second-order valence-corrected chi connectivity index (χ2v) is 12.1. The lowest BCUT2D eigenvalue weighted by Crippen LogP contribution is -2.47. The van der Waals surface area contributed by atoms with Crippen molar-refractivity contribution in [1.82, 2.24) is 10.3 Å². The first-order valence-corrected chi connectivity index (χ1v) is 13.4. The highest BCUT2D eigenvalue weighted by Crippen LogP contribution is 2.44. The predicted octanol–water partition coefficient (Wildman–Crippen LogP) is 4.05. The van der Waals surface area contributed by atoms with Crippen molar-refractivity contribution in [3.8, 4) is 0 Å². The molecule has 0 aliphatic carbocycles. The highest BCUT2D eigenvalue weighted by molar-refractivity contribution is 7.09. The number of epoxide rings is 1. The summed E-state index contributed by atoms with van der Waals surface area (Å²) in [7, 11) is 0. The van der Waals surface area contributed by atoms with E-state index in [1.807, 2.05) is 20.8 Å². The van der Waals surface area contributed by atoms with Crippen LogP contribution in [0.3, 0.4) is 0 Å². The standard InChI is InChI=1S/C27H42N2O5S/c1-15-9-8-10-27(7)22(34-27)12-20(16(2)11-19-14-35-18(4)28-19)29-23(31)13-21(30)26(5,6)25(33)17(3)24(15)32/h11,14-15,17,20-22,24,30,32H,8-10,12-13H2,1-7H3,(H,29,31)/b16-11+/t15-,17-,20+,21+,22?,24-,27+/m1/s1/i4D3. The Morgan fingerprint density at radius 2 is 2.03 bits per heavy atom. The number of ketones is 1. The summed E-state index contributed by atoms with van der Waals surface area (Å²) in [6.07, 6.45) is 2.19. The van der Waals surface area contributed by atoms with Crippen LogP contribution in [0.15, 0.2) is 11.0 Å². The van der Waals surface area contributed by atoms with Gasteiger partial charge in [-0.1, -0.05) is 34.1 Å². The van der Waals surface area contributed by atoms with Gasteiger partial charge in [-0.05, 0) is 51.1 Å². The molecule has 7 atom stereocenters. The number of nitrogens with one attached hydrogen (secondary N) is 1. The molecular formula is C27H42N2O5S. The zero-order chi connectivity index (χ0) is 28.6. The van der Waals surface area contributed by atoms with E-state index in [1.165, 1.54) is 0 Å². The first-order chi connectivity index (χ1) is 17.5. The van der Waals surface area contributed by atoms with Gasteiger partial charge >= 0.3 is 0 Å². The molecule has 2 aliphatic rings. The van der Waals surface area contributed by atoms with E-state index in [-0.39, 0.29) is 34.8 Å². The van der Waals surface area contributed by atoms with Crippen LogP contribution < -0.4 is 5.32 Å². The van der Waals surface area contributed by atoms with Gasteiger partial charge < -0.3 is 20.3 Å². The summed E-state index contributed by atoms with van der Waals surface area (Å²) in [5.74, 6) is -1.46. The second-order valence-electron chi connectivity index (χ2n) is 11.2. The molecule has 196 valence electrons. The van der Waals surface area contributed by atoms with E-state index in [1.54, 1.807) is 32.2 Å². The van der Waals surface area contributed by atoms with Crippen molar-refractivity contribution in [2.24, 2.45) is 17.3 Å². The number of hydrogen-bond acceptors (Lipinski definition) is 7. The molecule has 0 radical (unpaired) electrons. The number of carbonyl (C=O) groups excluding carboxylic acids is 2. The lowest BCUT2D eigenvalue weighted by molar-refractivity contribution is -0.143. The second kappa shape index (κ2) is 10.8. The van der Waals surface area contributed by atoms with Crippen LogP contribution in [0.25, 0.3) is 6.08 Å². The Hall–Kier alpha value is -1.61. The summed E-state index contributed by atoms with van der Waals surface area (Å²) in [4.78, 5) is 30.6. The van der Waals surface area contributed by atoms with Gasteiger partial charge in [-0.25, -0.2) is 4.98 Å². The number of aliphatic hydroxyl groups is 2. The van der Waals surface area contributed by atoms with Gasteiger partial charge in [0.2, 0.25) is 5.91 Å². The zero-order valence-electron chi connectivity index (χ0n) is 24.6. The highest BCUT2D eigenvalue weighted by atomic mass is 32.1. The van der Waals surface area contributed by atoms with Crippen molar-refractivity contribution >= 4 is 29.1 Å². The van der Waals surface area contributed by atoms with Gasteiger partial charge in [-0.15, -0.1) is 11.3 Å². The number of hydrogen-bond donors (Lipinski definition) is 3. The number of aromatic nitrogens is 1. The first-order valence-electron chi connectivity index (χ1n) is 14.0. The first kappa shape index (κ1) is 23.8. The minimum atomic E-state index is -2.28. The maximum Gasteiger partial charge on any atom is 0.223 e. The van der Waals surface area contributed by atoms with Crippen LogP contribution in [-0.4, -0.2) is 56.8 Å². The average molecular weight is 510 g/mol. The number of ether oxygens (including phenoxy) is 1. The molecule has 3 N–H and O–H groups in total. The molecule has 2 saturated heterocycles. The van der Waals surface area contributed by atoms with E-state index in [9.17, 15) is 19.8 Å². The van der Waals surface area contributed by atoms with E-state index in [4.69, 9.17) is 8.85 Å². The van der Waals surface area contributed by atoms with Gasteiger partial charge in [-0.3, -0.25) is 9.59 Å². The number of amides is 1. The Morgan fingerprint density at radius 3 is 2.69 bits per heavy atom. The fraction of sp³-hybridized carbons (Fsp3) is 0.741. The zero-order valence-corrected chi connectivity index (χ0v) is 22.4. The smallest absolute Gasteiger partial charge is 0.223 e. The van der Waals surface area contributed by atoms with Crippen molar-refractivity contribution < 1.29 is 28.7 Å². The third kappa shape index (κ3) is 6.59. The number of nitrogens with zero attached hydrogens (tertiary/aromatic N) is 1. The number of thiazole rings is 1. The highest BCUT2D eigenvalue weighted by Gasteiger charge is 2.52. The molecule has 0 bridgehead atoms. The molecule has 1 aromatic heterocycles. The Kier molecular flexibility index (Phi) is 7.33. The normalized spacial score (nSPS) is 39.1. The lowest BCUT2D eigenvalue weighted by Gasteiger charge is -2.34. The number of aliphatic hydroxyl groups excluding tert-OH is 2. The summed E-state index contributed by atoms with van der Waals surface area (Å²) in [6, 6.07) is -0.425. The topological polar surface area (TPSA) is 112 Å². The third-order valence-electron chi connectivity index (χ3n) is 7.96. The number of fused-ring (bicyclic) bond motifs is 1. The molecule has 0 aromatic carbocycles. The molecule has 2 aliphatic heterocycles. The van der Waals surface area contributed by atoms with Crippen molar-refractivity contribution in [2.75, 3.05) is 0 Å². The minimum absolute atomic E-state index is 0.0558. The summed E-state index contributed by atoms with van der Waals surface area (Å²) in [5, 5.41) is 26.5. The summed E-state index contributed by atoms with van der Waals surface area (Å²) in [5.41, 5.74) is -0.273. The van der Waals surface area contributed by atoms with Gasteiger partial charge in [-0.2, -0.15) is 0 Å². The number of aryl methyl sites for hydroxylation is 1. The summed E-state index contributed by atoms with van der Waals surface area (Å²) < 4.78 is 28.8. The molecule has 3 heterocycles. The fourth-order valence-corrected chi connectivity index (χ4v) is 5.61. The monoisotopic (exact) mass is 509 g/mol. The molecule has 7 nitrogen and oxygen atoms in total. The molecule has 1 amide bonds. The Balaban J connectivity index is 1.87. The third-order valence-corrected chi connectivity index (χ3v) is 8.63.